The molecule has 0 spiro atoms. The van der Waals surface area contributed by atoms with E-state index >= 15 is 0 Å². The Bertz CT molecular complexity index is 1540. The van der Waals surface area contributed by atoms with Gasteiger partial charge in [0.2, 0.25) is 5.91 Å². The van der Waals surface area contributed by atoms with Gasteiger partial charge >= 0.3 is 0 Å². The van der Waals surface area contributed by atoms with E-state index in [2.05, 4.69) is 27.5 Å². The number of aromatic nitrogens is 4. The van der Waals surface area contributed by atoms with E-state index in [1.807, 2.05) is 23.1 Å². The van der Waals surface area contributed by atoms with Crippen molar-refractivity contribution in [2.75, 3.05) is 18.4 Å². The highest BCUT2D eigenvalue weighted by Crippen LogP contribution is 2.31. The van der Waals surface area contributed by atoms with E-state index in [9.17, 15) is 19.1 Å². The van der Waals surface area contributed by atoms with Crippen LogP contribution in [0.15, 0.2) is 71.9 Å². The normalized spacial score (nSPS) is 20.9. The highest BCUT2D eigenvalue weighted by atomic mass is 19.1. The van der Waals surface area contributed by atoms with Gasteiger partial charge in [-0.05, 0) is 74.9 Å². The molecule has 1 saturated carbocycles. The first kappa shape index (κ1) is 26.2. The summed E-state index contributed by atoms with van der Waals surface area (Å²) in [6.45, 7) is 1.02. The van der Waals surface area contributed by atoms with Crippen molar-refractivity contribution in [3.8, 4) is 5.69 Å². The Morgan fingerprint density at radius 3 is 2.42 bits per heavy atom. The molecule has 1 aliphatic carbocycles. The molecule has 6 rings (SSSR count). The zero-order chi connectivity index (χ0) is 27.7. The largest absolute Gasteiger partial charge is 0.388 e. The predicted molar refractivity (Wildman–Crippen MR) is 150 cm³/mol. The summed E-state index contributed by atoms with van der Waals surface area (Å²) in [5, 5.41) is 19.5. The van der Waals surface area contributed by atoms with Crippen LogP contribution in [0.25, 0.3) is 16.7 Å². The maximum absolute atomic E-state index is 13.3. The molecular weight excluding hydrogens is 511 g/mol. The van der Waals surface area contributed by atoms with Gasteiger partial charge in [0.05, 0.1) is 24.0 Å². The number of carbonyl (C=O) groups is 1. The van der Waals surface area contributed by atoms with E-state index in [0.29, 0.717) is 48.7 Å². The Hall–Kier alpha value is -4.05. The third kappa shape index (κ3) is 5.36. The number of para-hydroxylation sites is 1. The van der Waals surface area contributed by atoms with Crippen LogP contribution in [0.2, 0.25) is 0 Å². The first-order valence-electron chi connectivity index (χ1n) is 13.9. The lowest BCUT2D eigenvalue weighted by atomic mass is 9.84. The second kappa shape index (κ2) is 10.8. The molecule has 2 fully saturated rings. The van der Waals surface area contributed by atoms with Crippen molar-refractivity contribution in [1.82, 2.24) is 24.2 Å². The van der Waals surface area contributed by atoms with Gasteiger partial charge in [-0.25, -0.2) is 14.1 Å². The Kier molecular flexibility index (Phi) is 7.10. The number of aliphatic hydroxyl groups is 1. The van der Waals surface area contributed by atoms with Crippen LogP contribution in [-0.2, 0) is 11.3 Å². The molecule has 1 saturated heterocycles. The Balaban J connectivity index is 1.05. The molecule has 2 aromatic heterocycles. The molecule has 2 aliphatic rings. The van der Waals surface area contributed by atoms with E-state index in [0.717, 1.165) is 31.4 Å². The quantitative estimate of drug-likeness (QED) is 0.383. The summed E-state index contributed by atoms with van der Waals surface area (Å²) in [7, 11) is 0. The number of nitrogens with zero attached hydrogens (tertiary/aromatic N) is 5. The van der Waals surface area contributed by atoms with Crippen molar-refractivity contribution in [3.05, 3.63) is 83.3 Å². The lowest BCUT2D eigenvalue weighted by molar-refractivity contribution is -0.141. The number of fused-ring (bicyclic) bond motifs is 1. The predicted octanol–water partition coefficient (Wildman–Crippen LogP) is 3.75. The maximum Gasteiger partial charge on any atom is 0.264 e. The number of amides is 1. The number of hydrogen-bond donors (Lipinski definition) is 2. The SMILES string of the molecule is O=c1c2cnn(-c3ccc(F)cc3)c2ncn1CC1(O)CCN(C(=O)[C@H]2CC[C@H](Nc3ccccc3)CC2)CC1. The second-order valence-electron chi connectivity index (χ2n) is 11.1. The van der Waals surface area contributed by atoms with Crippen molar-refractivity contribution >= 4 is 22.6 Å². The van der Waals surface area contributed by atoms with Gasteiger partial charge in [-0.15, -0.1) is 0 Å². The molecule has 0 unspecified atom stereocenters. The number of rotatable bonds is 6. The van der Waals surface area contributed by atoms with Gasteiger partial charge in [0.25, 0.3) is 5.56 Å². The average Bonchev–Trinajstić information content (AvgIpc) is 3.41. The number of nitrogens with one attached hydrogen (secondary N) is 1. The van der Waals surface area contributed by atoms with Crippen LogP contribution in [-0.4, -0.2) is 60.0 Å². The number of anilines is 1. The van der Waals surface area contributed by atoms with E-state index in [-0.39, 0.29) is 29.7 Å². The highest BCUT2D eigenvalue weighted by Gasteiger charge is 2.37. The topological polar surface area (TPSA) is 105 Å². The van der Waals surface area contributed by atoms with Crippen LogP contribution in [0.1, 0.15) is 38.5 Å². The smallest absolute Gasteiger partial charge is 0.264 e. The minimum absolute atomic E-state index is 0.0203. The minimum atomic E-state index is -1.11. The van der Waals surface area contributed by atoms with Crippen LogP contribution >= 0.6 is 0 Å². The molecule has 0 atom stereocenters. The first-order chi connectivity index (χ1) is 19.4. The van der Waals surface area contributed by atoms with Crippen LogP contribution in [0.5, 0.6) is 0 Å². The molecule has 4 aromatic rings. The van der Waals surface area contributed by atoms with Gasteiger partial charge in [-0.3, -0.25) is 14.2 Å². The summed E-state index contributed by atoms with van der Waals surface area (Å²) >= 11 is 0. The number of piperidine rings is 1. The lowest BCUT2D eigenvalue weighted by Gasteiger charge is -2.40. The fraction of sp³-hybridized carbons (Fsp3) is 0.400. The maximum atomic E-state index is 13.3. The summed E-state index contributed by atoms with van der Waals surface area (Å²) in [4.78, 5) is 32.7. The van der Waals surface area contributed by atoms with Crippen molar-refractivity contribution in [2.45, 2.75) is 56.7 Å². The van der Waals surface area contributed by atoms with Gasteiger partial charge in [0, 0.05) is 30.7 Å². The molecule has 3 heterocycles. The Morgan fingerprint density at radius 1 is 1.02 bits per heavy atom. The lowest BCUT2D eigenvalue weighted by Crippen LogP contribution is -2.51. The minimum Gasteiger partial charge on any atom is -0.388 e. The third-order valence-electron chi connectivity index (χ3n) is 8.32. The standard InChI is InChI=1S/C30H33FN6O3/c31-22-8-12-25(13-9-22)37-27-26(18-33-37)29(39)36(20-32-27)19-30(40)14-16-35(17-15-30)28(38)21-6-10-24(11-7-21)34-23-4-2-1-3-5-23/h1-5,8-9,12-13,18,20-21,24,34,40H,6-7,10-11,14-17,19H2/t21-,24-. The number of benzene rings is 2. The van der Waals surface area contributed by atoms with E-state index < -0.39 is 5.60 Å². The molecule has 40 heavy (non-hydrogen) atoms. The molecule has 208 valence electrons. The summed E-state index contributed by atoms with van der Waals surface area (Å²) < 4.78 is 16.2. The summed E-state index contributed by atoms with van der Waals surface area (Å²) in [5.41, 5.74) is 0.667. The zero-order valence-corrected chi connectivity index (χ0v) is 22.2. The van der Waals surface area contributed by atoms with Crippen LogP contribution in [0, 0.1) is 11.7 Å². The van der Waals surface area contributed by atoms with Crippen molar-refractivity contribution in [1.29, 1.82) is 0 Å². The first-order valence-corrected chi connectivity index (χ1v) is 13.9. The van der Waals surface area contributed by atoms with Gasteiger partial charge in [0.15, 0.2) is 5.65 Å². The fourth-order valence-electron chi connectivity index (χ4n) is 5.96. The van der Waals surface area contributed by atoms with Crippen molar-refractivity contribution < 1.29 is 14.3 Å². The molecular formula is C30H33FN6O3. The van der Waals surface area contributed by atoms with Gasteiger partial charge < -0.3 is 15.3 Å². The molecule has 0 bridgehead atoms. The van der Waals surface area contributed by atoms with E-state index in [4.69, 9.17) is 0 Å². The number of likely N-dealkylation sites (tertiary alicyclic amines) is 1. The zero-order valence-electron chi connectivity index (χ0n) is 22.2. The van der Waals surface area contributed by atoms with Crippen LogP contribution in [0.4, 0.5) is 10.1 Å². The number of hydrogen-bond acceptors (Lipinski definition) is 6. The Morgan fingerprint density at radius 2 is 1.73 bits per heavy atom. The van der Waals surface area contributed by atoms with E-state index in [1.165, 1.54) is 33.9 Å². The molecule has 1 amide bonds. The Labute approximate surface area is 231 Å². The van der Waals surface area contributed by atoms with Crippen molar-refractivity contribution in [3.63, 3.8) is 0 Å². The fourth-order valence-corrected chi connectivity index (χ4v) is 5.96. The van der Waals surface area contributed by atoms with Crippen LogP contribution in [0.3, 0.4) is 0 Å². The third-order valence-corrected chi connectivity index (χ3v) is 8.32. The summed E-state index contributed by atoms with van der Waals surface area (Å²) in [6, 6.07) is 16.3. The summed E-state index contributed by atoms with van der Waals surface area (Å²) in [5.74, 6) is -0.166. The number of carbonyl (C=O) groups excluding carboxylic acids is 1. The monoisotopic (exact) mass is 544 g/mol. The van der Waals surface area contributed by atoms with Gasteiger partial charge in [-0.1, -0.05) is 18.2 Å². The van der Waals surface area contributed by atoms with Crippen LogP contribution < -0.4 is 10.9 Å². The second-order valence-corrected chi connectivity index (χ2v) is 11.1. The van der Waals surface area contributed by atoms with Gasteiger partial charge in [-0.2, -0.15) is 5.10 Å². The average molecular weight is 545 g/mol. The van der Waals surface area contributed by atoms with E-state index in [1.54, 1.807) is 12.1 Å². The molecule has 10 heteroatoms. The van der Waals surface area contributed by atoms with Crippen molar-refractivity contribution in [2.24, 2.45) is 5.92 Å². The molecule has 2 aromatic carbocycles. The summed E-state index contributed by atoms with van der Waals surface area (Å²) in [6.07, 6.45) is 7.28. The molecule has 9 nitrogen and oxygen atoms in total. The van der Waals surface area contributed by atoms with Gasteiger partial charge in [0.1, 0.15) is 17.5 Å². The molecule has 1 aliphatic heterocycles. The number of halogens is 1. The highest BCUT2D eigenvalue weighted by molar-refractivity contribution is 5.79. The molecule has 2 N–H and O–H groups in total. The molecule has 0 radical (unpaired) electrons.